The molecule has 0 bridgehead atoms. The van der Waals surface area contributed by atoms with E-state index in [1.165, 1.54) is 0 Å². The lowest BCUT2D eigenvalue weighted by Gasteiger charge is -2.00. The molecule has 0 aromatic carbocycles. The van der Waals surface area contributed by atoms with E-state index in [1.807, 2.05) is 19.0 Å². The molecule has 0 aromatic heterocycles. The van der Waals surface area contributed by atoms with Crippen LogP contribution in [0, 0.1) is 6.57 Å². The Morgan fingerprint density at radius 3 is 2.38 bits per heavy atom. The molecule has 0 aliphatic heterocycles. The van der Waals surface area contributed by atoms with Crippen LogP contribution in [0.15, 0.2) is 12.3 Å². The summed E-state index contributed by atoms with van der Waals surface area (Å²) in [6.07, 6.45) is 0. The third-order valence-electron chi connectivity index (χ3n) is 0.681. The van der Waals surface area contributed by atoms with E-state index >= 15 is 0 Å². The van der Waals surface area contributed by atoms with Crippen LogP contribution >= 0.6 is 0 Å². The normalized spacial score (nSPS) is 8.75. The number of rotatable bonds is 2. The summed E-state index contributed by atoms with van der Waals surface area (Å²) >= 11 is 0. The number of nitrogens with zero attached hydrogens (tertiary/aromatic N) is 2. The summed E-state index contributed by atoms with van der Waals surface area (Å²) in [6, 6.07) is 0. The average Bonchev–Trinajstić information content (AvgIpc) is 1.65. The molecule has 0 aromatic rings. The van der Waals surface area contributed by atoms with Crippen LogP contribution in [0.2, 0.25) is 0 Å². The molecule has 2 heteroatoms. The van der Waals surface area contributed by atoms with Gasteiger partial charge in [-0.1, -0.05) is 0 Å². The van der Waals surface area contributed by atoms with Crippen LogP contribution in [0.4, 0.5) is 0 Å². The van der Waals surface area contributed by atoms with Gasteiger partial charge in [0.25, 0.3) is 6.57 Å². The fourth-order valence-corrected chi connectivity index (χ4v) is 0.406. The van der Waals surface area contributed by atoms with Gasteiger partial charge in [0, 0.05) is 0 Å². The lowest BCUT2D eigenvalue weighted by Crippen LogP contribution is -2.12. The molecule has 8 heavy (non-hydrogen) atoms. The SMILES string of the molecule is C#[N+]C(=C)CN(C)C. The third-order valence-corrected chi connectivity index (χ3v) is 0.681. The van der Waals surface area contributed by atoms with Gasteiger partial charge in [-0.15, -0.1) is 0 Å². The van der Waals surface area contributed by atoms with Crippen molar-refractivity contribution < 1.29 is 0 Å². The van der Waals surface area contributed by atoms with Gasteiger partial charge in [-0.25, -0.2) is 0 Å². The molecule has 2 nitrogen and oxygen atoms in total. The average molecular weight is 111 g/mol. The molecule has 0 radical (unpaired) electrons. The summed E-state index contributed by atoms with van der Waals surface area (Å²) in [6.45, 7) is 9.23. The Bertz CT molecular complexity index is 119. The van der Waals surface area contributed by atoms with Gasteiger partial charge in [-0.2, -0.15) is 0 Å². The molecular weight excluding hydrogens is 100 g/mol. The van der Waals surface area contributed by atoms with Crippen molar-refractivity contribution in [3.8, 4) is 6.57 Å². The fourth-order valence-electron chi connectivity index (χ4n) is 0.406. The zero-order valence-electron chi connectivity index (χ0n) is 5.39. The van der Waals surface area contributed by atoms with Crippen molar-refractivity contribution in [2.45, 2.75) is 0 Å². The van der Waals surface area contributed by atoms with E-state index < -0.39 is 0 Å². The maximum absolute atomic E-state index is 4.92. The zero-order chi connectivity index (χ0) is 6.57. The second-order valence-corrected chi connectivity index (χ2v) is 1.93. The van der Waals surface area contributed by atoms with Gasteiger partial charge in [-0.3, -0.25) is 4.90 Å². The maximum atomic E-state index is 4.92. The Morgan fingerprint density at radius 1 is 1.75 bits per heavy atom. The molecule has 0 N–H and O–H groups in total. The highest BCUT2D eigenvalue weighted by Gasteiger charge is 2.00. The highest BCUT2D eigenvalue weighted by Crippen LogP contribution is 1.90. The largest absolute Gasteiger partial charge is 0.323 e. The molecule has 0 aliphatic rings. The van der Waals surface area contributed by atoms with Crippen LogP contribution in [-0.4, -0.2) is 25.5 Å². The van der Waals surface area contributed by atoms with E-state index in [1.54, 1.807) is 0 Å². The molecule has 0 aliphatic carbocycles. The molecular formula is C6H11N2+. The Kier molecular flexibility index (Phi) is 2.90. The van der Waals surface area contributed by atoms with Crippen molar-refractivity contribution in [1.82, 2.24) is 4.90 Å². The Morgan fingerprint density at radius 2 is 2.25 bits per heavy atom. The van der Waals surface area contributed by atoms with Crippen LogP contribution in [0.25, 0.3) is 4.85 Å². The molecule has 0 spiro atoms. The van der Waals surface area contributed by atoms with Gasteiger partial charge in [0.15, 0.2) is 0 Å². The quantitative estimate of drug-likeness (QED) is 0.516. The van der Waals surface area contributed by atoms with E-state index in [-0.39, 0.29) is 0 Å². The van der Waals surface area contributed by atoms with Crippen molar-refractivity contribution in [3.63, 3.8) is 0 Å². The lowest BCUT2D eigenvalue weighted by atomic mass is 10.5. The molecule has 0 unspecified atom stereocenters. The minimum absolute atomic E-state index is 0.704. The van der Waals surface area contributed by atoms with Gasteiger partial charge in [0.05, 0.1) is 0 Å². The van der Waals surface area contributed by atoms with E-state index in [0.29, 0.717) is 5.70 Å². The highest BCUT2D eigenvalue weighted by molar-refractivity contribution is 5.07. The van der Waals surface area contributed by atoms with E-state index in [2.05, 4.69) is 11.4 Å². The van der Waals surface area contributed by atoms with Crippen LogP contribution in [0.1, 0.15) is 0 Å². The van der Waals surface area contributed by atoms with E-state index in [4.69, 9.17) is 6.57 Å². The molecule has 0 saturated carbocycles. The standard InChI is InChI=1S/C6H11N2/c1-6(7-2)5-8(3)4/h2H,1,5H2,3-4H3/q+1. The van der Waals surface area contributed by atoms with Crippen LogP contribution in [-0.2, 0) is 0 Å². The molecule has 0 amide bonds. The van der Waals surface area contributed by atoms with Crippen LogP contribution < -0.4 is 0 Å². The maximum Gasteiger partial charge on any atom is 0.323 e. The monoisotopic (exact) mass is 111 g/mol. The van der Waals surface area contributed by atoms with Crippen molar-refractivity contribution in [1.29, 1.82) is 0 Å². The first-order valence-electron chi connectivity index (χ1n) is 2.40. The van der Waals surface area contributed by atoms with Crippen molar-refractivity contribution in [2.75, 3.05) is 20.6 Å². The first-order valence-corrected chi connectivity index (χ1v) is 2.40. The fraction of sp³-hybridized carbons (Fsp3) is 0.500. The first kappa shape index (κ1) is 7.19. The van der Waals surface area contributed by atoms with Gasteiger partial charge in [0.2, 0.25) is 0 Å². The summed E-state index contributed by atoms with van der Waals surface area (Å²) < 4.78 is 0. The smallest absolute Gasteiger partial charge is 0.299 e. The number of likely N-dealkylation sites (N-methyl/N-ethyl adjacent to an activating group) is 1. The summed E-state index contributed by atoms with van der Waals surface area (Å²) in [7, 11) is 3.88. The first-order chi connectivity index (χ1) is 3.66. The topological polar surface area (TPSA) is 7.60 Å². The minimum atomic E-state index is 0.704. The number of hydrogen-bond acceptors (Lipinski definition) is 1. The third kappa shape index (κ3) is 3.38. The van der Waals surface area contributed by atoms with Crippen molar-refractivity contribution >= 4 is 0 Å². The summed E-state index contributed by atoms with van der Waals surface area (Å²) in [5.41, 5.74) is 0.704. The van der Waals surface area contributed by atoms with Crippen molar-refractivity contribution in [3.05, 3.63) is 17.1 Å². The molecule has 0 saturated heterocycles. The Balaban J connectivity index is 3.44. The second kappa shape index (κ2) is 3.23. The Hall–Kier alpha value is -0.810. The predicted octanol–water partition coefficient (Wildman–Crippen LogP) is 1.02. The zero-order valence-corrected chi connectivity index (χ0v) is 5.39. The molecule has 0 atom stereocenters. The van der Waals surface area contributed by atoms with Gasteiger partial charge >= 0.3 is 5.70 Å². The van der Waals surface area contributed by atoms with Gasteiger partial charge in [0.1, 0.15) is 6.54 Å². The molecule has 0 heterocycles. The predicted molar refractivity (Wildman–Crippen MR) is 36.0 cm³/mol. The summed E-state index contributed by atoms with van der Waals surface area (Å²) in [4.78, 5) is 5.35. The van der Waals surface area contributed by atoms with Gasteiger partial charge < -0.3 is 0 Å². The lowest BCUT2D eigenvalue weighted by molar-refractivity contribution is 0.449. The van der Waals surface area contributed by atoms with Gasteiger partial charge in [-0.05, 0) is 25.5 Å². The highest BCUT2D eigenvalue weighted by atomic mass is 15.1. The summed E-state index contributed by atoms with van der Waals surface area (Å²) in [5.74, 6) is 0. The van der Waals surface area contributed by atoms with E-state index in [0.717, 1.165) is 6.54 Å². The molecule has 0 rings (SSSR count). The van der Waals surface area contributed by atoms with Crippen LogP contribution in [0.3, 0.4) is 0 Å². The summed E-state index contributed by atoms with van der Waals surface area (Å²) in [5, 5.41) is 0. The molecule has 44 valence electrons. The van der Waals surface area contributed by atoms with E-state index in [9.17, 15) is 0 Å². The van der Waals surface area contributed by atoms with Crippen molar-refractivity contribution in [2.24, 2.45) is 0 Å². The number of hydrogen-bond donors (Lipinski definition) is 0. The van der Waals surface area contributed by atoms with Crippen LogP contribution in [0.5, 0.6) is 0 Å². The second-order valence-electron chi connectivity index (χ2n) is 1.93. The Labute approximate surface area is 50.2 Å². The minimum Gasteiger partial charge on any atom is -0.299 e. The molecule has 0 fully saturated rings.